The lowest BCUT2D eigenvalue weighted by atomic mass is 9.93. The summed E-state index contributed by atoms with van der Waals surface area (Å²) in [6, 6.07) is 6.15. The van der Waals surface area contributed by atoms with Gasteiger partial charge < -0.3 is 10.6 Å². The minimum atomic E-state index is -0.463. The Balaban J connectivity index is 0.00000400. The maximum Gasteiger partial charge on any atom is 0.269 e. The molecule has 0 atom stereocenters. The van der Waals surface area contributed by atoms with Crippen LogP contribution in [-0.2, 0) is 11.2 Å². The number of non-ortho nitro benzene ring substituents is 1. The van der Waals surface area contributed by atoms with Gasteiger partial charge in [-0.25, -0.2) is 0 Å². The summed E-state index contributed by atoms with van der Waals surface area (Å²) >= 11 is 0. The van der Waals surface area contributed by atoms with Crippen LogP contribution in [0.25, 0.3) is 0 Å². The molecule has 118 valence electrons. The molecule has 6 nitrogen and oxygen atoms in total. The number of likely N-dealkylation sites (N-methyl/N-ethyl adjacent to an activating group) is 1. The van der Waals surface area contributed by atoms with Gasteiger partial charge >= 0.3 is 0 Å². The van der Waals surface area contributed by atoms with Crippen molar-refractivity contribution in [2.24, 2.45) is 11.1 Å². The second kappa shape index (κ2) is 7.95. The van der Waals surface area contributed by atoms with Gasteiger partial charge in [0.15, 0.2) is 0 Å². The van der Waals surface area contributed by atoms with Crippen LogP contribution in [0, 0.1) is 15.5 Å². The van der Waals surface area contributed by atoms with Crippen LogP contribution >= 0.6 is 12.4 Å². The summed E-state index contributed by atoms with van der Waals surface area (Å²) < 4.78 is 0. The van der Waals surface area contributed by atoms with Crippen molar-refractivity contribution in [1.29, 1.82) is 0 Å². The molecule has 0 aliphatic heterocycles. The number of hydrogen-bond acceptors (Lipinski definition) is 4. The number of nitrogens with two attached hydrogens (primary N) is 1. The Kier molecular flexibility index (Phi) is 7.32. The first kappa shape index (κ1) is 19.3. The maximum atomic E-state index is 12.1. The highest BCUT2D eigenvalue weighted by Crippen LogP contribution is 2.16. The van der Waals surface area contributed by atoms with Crippen molar-refractivity contribution in [2.45, 2.75) is 20.3 Å². The molecule has 0 aliphatic rings. The van der Waals surface area contributed by atoms with E-state index in [-0.39, 0.29) is 35.8 Å². The highest BCUT2D eigenvalue weighted by Gasteiger charge is 2.21. The molecule has 21 heavy (non-hydrogen) atoms. The van der Waals surface area contributed by atoms with Crippen LogP contribution in [-0.4, -0.2) is 35.9 Å². The van der Waals surface area contributed by atoms with E-state index in [4.69, 9.17) is 5.73 Å². The molecule has 0 radical (unpaired) electrons. The minimum absolute atomic E-state index is 0. The van der Waals surface area contributed by atoms with Crippen LogP contribution in [0.2, 0.25) is 0 Å². The molecule has 0 unspecified atom stereocenters. The van der Waals surface area contributed by atoms with Gasteiger partial charge in [-0.05, 0) is 17.5 Å². The van der Waals surface area contributed by atoms with Crippen LogP contribution in [0.4, 0.5) is 5.69 Å². The average Bonchev–Trinajstić information content (AvgIpc) is 2.38. The van der Waals surface area contributed by atoms with Crippen LogP contribution in [0.5, 0.6) is 0 Å². The number of hydrogen-bond donors (Lipinski definition) is 1. The highest BCUT2D eigenvalue weighted by atomic mass is 35.5. The number of nitrogens with zero attached hydrogens (tertiary/aromatic N) is 2. The number of rotatable bonds is 6. The lowest BCUT2D eigenvalue weighted by Gasteiger charge is -2.29. The summed E-state index contributed by atoms with van der Waals surface area (Å²) in [5, 5.41) is 10.7. The number of nitro groups is 1. The van der Waals surface area contributed by atoms with E-state index in [9.17, 15) is 14.9 Å². The molecule has 0 spiro atoms. The van der Waals surface area contributed by atoms with Crippen molar-refractivity contribution in [3.05, 3.63) is 39.9 Å². The van der Waals surface area contributed by atoms with E-state index in [1.807, 2.05) is 13.8 Å². The molecule has 0 bridgehead atoms. The topological polar surface area (TPSA) is 89.5 Å². The van der Waals surface area contributed by atoms with Gasteiger partial charge in [-0.1, -0.05) is 26.0 Å². The average molecular weight is 316 g/mol. The zero-order valence-electron chi connectivity index (χ0n) is 12.5. The van der Waals surface area contributed by atoms with Crippen LogP contribution in [0.3, 0.4) is 0 Å². The Bertz CT molecular complexity index is 506. The fraction of sp³-hybridized carbons (Fsp3) is 0.500. The summed E-state index contributed by atoms with van der Waals surface area (Å²) in [6.07, 6.45) is 0.152. The Hall–Kier alpha value is -1.66. The molecule has 1 aromatic rings. The van der Waals surface area contributed by atoms with E-state index in [1.54, 1.807) is 24.1 Å². The molecule has 1 aromatic carbocycles. The van der Waals surface area contributed by atoms with Gasteiger partial charge in [0.25, 0.3) is 5.69 Å². The number of amides is 1. The molecular formula is C14H22ClN3O3. The van der Waals surface area contributed by atoms with Gasteiger partial charge in [-0.15, -0.1) is 12.4 Å². The number of nitro benzene ring substituents is 1. The van der Waals surface area contributed by atoms with Crippen molar-refractivity contribution in [2.75, 3.05) is 20.1 Å². The van der Waals surface area contributed by atoms with Gasteiger partial charge in [0, 0.05) is 25.7 Å². The summed E-state index contributed by atoms with van der Waals surface area (Å²) in [7, 11) is 1.72. The van der Waals surface area contributed by atoms with E-state index in [0.29, 0.717) is 18.7 Å². The zero-order chi connectivity index (χ0) is 15.3. The lowest BCUT2D eigenvalue weighted by Crippen LogP contribution is -2.40. The summed E-state index contributed by atoms with van der Waals surface area (Å²) in [4.78, 5) is 24.0. The smallest absolute Gasteiger partial charge is 0.269 e. The first-order valence-electron chi connectivity index (χ1n) is 6.42. The molecule has 2 N–H and O–H groups in total. The van der Waals surface area contributed by atoms with E-state index >= 15 is 0 Å². The molecule has 7 heteroatoms. The molecule has 0 saturated heterocycles. The van der Waals surface area contributed by atoms with E-state index in [1.165, 1.54) is 12.1 Å². The van der Waals surface area contributed by atoms with Crippen molar-refractivity contribution < 1.29 is 9.72 Å². The SMILES string of the molecule is CN(CC(C)(C)CN)C(=O)Cc1cccc([N+](=O)[O-])c1.Cl. The summed E-state index contributed by atoms with van der Waals surface area (Å²) in [5.41, 5.74) is 6.14. The van der Waals surface area contributed by atoms with Gasteiger partial charge in [0.1, 0.15) is 0 Å². The second-order valence-corrected chi connectivity index (χ2v) is 5.72. The van der Waals surface area contributed by atoms with Crippen molar-refractivity contribution in [3.8, 4) is 0 Å². The van der Waals surface area contributed by atoms with Crippen LogP contribution in [0.1, 0.15) is 19.4 Å². The lowest BCUT2D eigenvalue weighted by molar-refractivity contribution is -0.384. The molecular weight excluding hydrogens is 294 g/mol. The predicted octanol–water partition coefficient (Wildman–Crippen LogP) is 2.00. The van der Waals surface area contributed by atoms with Crippen molar-refractivity contribution >= 4 is 24.0 Å². The molecule has 0 aliphatic carbocycles. The fourth-order valence-corrected chi connectivity index (χ4v) is 1.88. The first-order valence-corrected chi connectivity index (χ1v) is 6.42. The zero-order valence-corrected chi connectivity index (χ0v) is 13.4. The Morgan fingerprint density at radius 1 is 1.43 bits per heavy atom. The quantitative estimate of drug-likeness (QED) is 0.642. The Labute approximate surface area is 130 Å². The van der Waals surface area contributed by atoms with Gasteiger partial charge in [0.05, 0.1) is 11.3 Å². The third-order valence-electron chi connectivity index (χ3n) is 3.12. The number of halogens is 1. The standard InChI is InChI=1S/C14H21N3O3.ClH/c1-14(2,9-15)10-16(3)13(18)8-11-5-4-6-12(7-11)17(19)20;/h4-7H,8-10,15H2,1-3H3;1H. The van der Waals surface area contributed by atoms with Gasteiger partial charge in [0.2, 0.25) is 5.91 Å². The monoisotopic (exact) mass is 315 g/mol. The molecule has 1 rings (SSSR count). The third kappa shape index (κ3) is 6.10. The molecule has 0 saturated carbocycles. The number of carbonyl (C=O) groups excluding carboxylic acids is 1. The maximum absolute atomic E-state index is 12.1. The van der Waals surface area contributed by atoms with E-state index < -0.39 is 4.92 Å². The normalized spacial score (nSPS) is 10.7. The number of carbonyl (C=O) groups is 1. The third-order valence-corrected chi connectivity index (χ3v) is 3.12. The van der Waals surface area contributed by atoms with Crippen LogP contribution < -0.4 is 5.73 Å². The molecule has 0 aromatic heterocycles. The predicted molar refractivity (Wildman–Crippen MR) is 84.5 cm³/mol. The largest absolute Gasteiger partial charge is 0.345 e. The highest BCUT2D eigenvalue weighted by molar-refractivity contribution is 5.85. The molecule has 1 amide bonds. The van der Waals surface area contributed by atoms with Gasteiger partial charge in [-0.2, -0.15) is 0 Å². The number of benzene rings is 1. The minimum Gasteiger partial charge on any atom is -0.345 e. The fourth-order valence-electron chi connectivity index (χ4n) is 1.88. The van der Waals surface area contributed by atoms with E-state index in [2.05, 4.69) is 0 Å². The molecule has 0 heterocycles. The molecule has 0 fully saturated rings. The van der Waals surface area contributed by atoms with E-state index in [0.717, 1.165) is 0 Å². The van der Waals surface area contributed by atoms with Crippen molar-refractivity contribution in [1.82, 2.24) is 4.90 Å². The van der Waals surface area contributed by atoms with Crippen molar-refractivity contribution in [3.63, 3.8) is 0 Å². The summed E-state index contributed by atoms with van der Waals surface area (Å²) in [6.45, 7) is 5.02. The van der Waals surface area contributed by atoms with Crippen LogP contribution in [0.15, 0.2) is 24.3 Å². The second-order valence-electron chi connectivity index (χ2n) is 5.72. The summed E-state index contributed by atoms with van der Waals surface area (Å²) in [5.74, 6) is -0.0768. The first-order chi connectivity index (χ1) is 9.25. The van der Waals surface area contributed by atoms with Gasteiger partial charge in [-0.3, -0.25) is 14.9 Å². The Morgan fingerprint density at radius 2 is 2.05 bits per heavy atom. The Morgan fingerprint density at radius 3 is 2.57 bits per heavy atom.